The molecule has 0 heterocycles. The van der Waals surface area contributed by atoms with Crippen LogP contribution in [0.2, 0.25) is 5.02 Å². The predicted molar refractivity (Wildman–Crippen MR) is 86.1 cm³/mol. The van der Waals surface area contributed by atoms with E-state index in [-0.39, 0.29) is 12.0 Å². The molecular weight excluding hydrogens is 310 g/mol. The maximum absolute atomic E-state index is 12.4. The van der Waals surface area contributed by atoms with Crippen LogP contribution in [0.3, 0.4) is 0 Å². The van der Waals surface area contributed by atoms with Crippen molar-refractivity contribution < 1.29 is 13.2 Å². The Morgan fingerprint density at radius 1 is 1.19 bits per heavy atom. The van der Waals surface area contributed by atoms with Crippen LogP contribution in [0.25, 0.3) is 0 Å². The van der Waals surface area contributed by atoms with Crippen molar-refractivity contribution in [1.29, 1.82) is 0 Å². The number of hydrogen-bond acceptors (Lipinski definition) is 3. The minimum Gasteiger partial charge on any atom is -0.337 e. The second kappa shape index (κ2) is 6.79. The first kappa shape index (κ1) is 18.0. The van der Waals surface area contributed by atoms with Crippen LogP contribution < -0.4 is 0 Å². The molecule has 0 bridgehead atoms. The van der Waals surface area contributed by atoms with E-state index in [0.29, 0.717) is 5.02 Å². The molecule has 0 saturated heterocycles. The lowest BCUT2D eigenvalue weighted by Gasteiger charge is -2.33. The smallest absolute Gasteiger partial charge is 0.240 e. The zero-order valence-electron chi connectivity index (χ0n) is 13.0. The van der Waals surface area contributed by atoms with Crippen molar-refractivity contribution in [1.82, 2.24) is 4.90 Å². The molecule has 1 aromatic carbocycles. The molecular formula is C15H22ClNO3S. The molecule has 0 aliphatic heterocycles. The Labute approximate surface area is 132 Å². The summed E-state index contributed by atoms with van der Waals surface area (Å²) in [5, 5.41) is -0.492. The van der Waals surface area contributed by atoms with Crippen molar-refractivity contribution in [2.75, 3.05) is 13.3 Å². The van der Waals surface area contributed by atoms with Gasteiger partial charge < -0.3 is 4.90 Å². The topological polar surface area (TPSA) is 54.5 Å². The number of rotatable bonds is 5. The molecule has 0 aromatic heterocycles. The van der Waals surface area contributed by atoms with E-state index in [4.69, 9.17) is 11.6 Å². The van der Waals surface area contributed by atoms with Crippen LogP contribution in [-0.2, 0) is 14.6 Å². The fraction of sp³-hybridized carbons (Fsp3) is 0.533. The molecule has 0 spiro atoms. The second-order valence-corrected chi connectivity index (χ2v) is 8.40. The van der Waals surface area contributed by atoms with Crippen LogP contribution in [0.1, 0.15) is 32.4 Å². The van der Waals surface area contributed by atoms with Crippen LogP contribution in [-0.4, -0.2) is 37.8 Å². The molecule has 0 unspecified atom stereocenters. The fourth-order valence-corrected chi connectivity index (χ4v) is 3.12. The fourth-order valence-electron chi connectivity index (χ4n) is 2.34. The molecule has 0 aliphatic rings. The first-order chi connectivity index (χ1) is 9.57. The lowest BCUT2D eigenvalue weighted by Crippen LogP contribution is -2.42. The third-order valence-electron chi connectivity index (χ3n) is 3.61. The number of benzene rings is 1. The summed E-state index contributed by atoms with van der Waals surface area (Å²) in [4.78, 5) is 13.9. The zero-order valence-corrected chi connectivity index (χ0v) is 14.6. The van der Waals surface area contributed by atoms with Crippen molar-refractivity contribution in [2.24, 2.45) is 5.92 Å². The highest BCUT2D eigenvalue weighted by Gasteiger charge is 2.32. The lowest BCUT2D eigenvalue weighted by molar-refractivity contribution is -0.132. The molecule has 4 nitrogen and oxygen atoms in total. The van der Waals surface area contributed by atoms with Gasteiger partial charge in [-0.2, -0.15) is 0 Å². The Morgan fingerprint density at radius 3 is 2.14 bits per heavy atom. The SMILES string of the molecule is CC(C)[C@H](c1ccccc1Cl)N(C)C(=O)[C@H](C)S(C)(=O)=O. The molecule has 118 valence electrons. The number of nitrogens with zero attached hydrogens (tertiary/aromatic N) is 1. The Bertz CT molecular complexity index is 613. The highest BCUT2D eigenvalue weighted by Crippen LogP contribution is 2.33. The van der Waals surface area contributed by atoms with Gasteiger partial charge in [0.25, 0.3) is 0 Å². The van der Waals surface area contributed by atoms with E-state index < -0.39 is 21.0 Å². The summed E-state index contributed by atoms with van der Waals surface area (Å²) in [6, 6.07) is 7.04. The van der Waals surface area contributed by atoms with Crippen LogP contribution >= 0.6 is 11.6 Å². The van der Waals surface area contributed by atoms with Gasteiger partial charge in [-0.05, 0) is 24.5 Å². The highest BCUT2D eigenvalue weighted by atomic mass is 35.5. The third kappa shape index (κ3) is 4.20. The second-order valence-electron chi connectivity index (χ2n) is 5.63. The molecule has 0 N–H and O–H groups in total. The number of carbonyl (C=O) groups excluding carboxylic acids is 1. The van der Waals surface area contributed by atoms with E-state index in [1.54, 1.807) is 13.1 Å². The maximum Gasteiger partial charge on any atom is 0.240 e. The lowest BCUT2D eigenvalue weighted by atomic mass is 9.94. The Balaban J connectivity index is 3.19. The summed E-state index contributed by atoms with van der Waals surface area (Å²) in [7, 11) is -1.80. The molecule has 0 fully saturated rings. The minimum atomic E-state index is -3.42. The predicted octanol–water partition coefficient (Wildman–Crippen LogP) is 2.93. The maximum atomic E-state index is 12.4. The van der Waals surface area contributed by atoms with Gasteiger partial charge in [-0.3, -0.25) is 4.79 Å². The molecule has 2 atom stereocenters. The average Bonchev–Trinajstić information content (AvgIpc) is 2.38. The number of amides is 1. The minimum absolute atomic E-state index is 0.102. The van der Waals surface area contributed by atoms with Gasteiger partial charge in [0.2, 0.25) is 5.91 Å². The van der Waals surface area contributed by atoms with Crippen molar-refractivity contribution in [3.05, 3.63) is 34.9 Å². The standard InChI is InChI=1S/C15H22ClNO3S/c1-10(2)14(12-8-6-7-9-13(12)16)17(4)15(18)11(3)21(5,19)20/h6-11,14H,1-5H3/t11-,14+/m0/s1. The molecule has 1 aromatic rings. The number of halogens is 1. The molecule has 1 amide bonds. The van der Waals surface area contributed by atoms with Gasteiger partial charge in [0.1, 0.15) is 5.25 Å². The van der Waals surface area contributed by atoms with Gasteiger partial charge in [0.05, 0.1) is 6.04 Å². The summed E-state index contributed by atoms with van der Waals surface area (Å²) >= 11 is 6.23. The molecule has 0 radical (unpaired) electrons. The summed E-state index contributed by atoms with van der Waals surface area (Å²) in [5.74, 6) is -0.318. The number of sulfone groups is 1. The van der Waals surface area contributed by atoms with E-state index in [1.807, 2.05) is 32.0 Å². The van der Waals surface area contributed by atoms with Crippen LogP contribution in [0.5, 0.6) is 0 Å². The third-order valence-corrected chi connectivity index (χ3v) is 5.44. The molecule has 21 heavy (non-hydrogen) atoms. The Morgan fingerprint density at radius 2 is 1.71 bits per heavy atom. The molecule has 6 heteroatoms. The van der Waals surface area contributed by atoms with E-state index in [0.717, 1.165) is 11.8 Å². The molecule has 0 saturated carbocycles. The van der Waals surface area contributed by atoms with E-state index >= 15 is 0 Å². The van der Waals surface area contributed by atoms with Crippen LogP contribution in [0.4, 0.5) is 0 Å². The van der Waals surface area contributed by atoms with Gasteiger partial charge >= 0.3 is 0 Å². The Hall–Kier alpha value is -1.07. The average molecular weight is 332 g/mol. The quantitative estimate of drug-likeness (QED) is 0.833. The van der Waals surface area contributed by atoms with Crippen molar-refractivity contribution in [3.8, 4) is 0 Å². The summed E-state index contributed by atoms with van der Waals surface area (Å²) in [6.07, 6.45) is 1.07. The van der Waals surface area contributed by atoms with E-state index in [2.05, 4.69) is 0 Å². The summed E-state index contributed by atoms with van der Waals surface area (Å²) < 4.78 is 23.2. The monoisotopic (exact) mass is 331 g/mol. The van der Waals surface area contributed by atoms with Crippen molar-refractivity contribution >= 4 is 27.3 Å². The molecule has 0 aliphatic carbocycles. The Kier molecular flexibility index (Phi) is 5.82. The van der Waals surface area contributed by atoms with Gasteiger partial charge in [-0.15, -0.1) is 0 Å². The van der Waals surface area contributed by atoms with Crippen molar-refractivity contribution in [2.45, 2.75) is 32.1 Å². The van der Waals surface area contributed by atoms with Crippen LogP contribution in [0.15, 0.2) is 24.3 Å². The van der Waals surface area contributed by atoms with Gasteiger partial charge in [0.15, 0.2) is 9.84 Å². The van der Waals surface area contributed by atoms with Crippen LogP contribution in [0, 0.1) is 5.92 Å². The first-order valence-corrected chi connectivity index (χ1v) is 9.10. The van der Waals surface area contributed by atoms with Gasteiger partial charge in [-0.1, -0.05) is 43.6 Å². The highest BCUT2D eigenvalue weighted by molar-refractivity contribution is 7.92. The van der Waals surface area contributed by atoms with E-state index in [1.165, 1.54) is 11.8 Å². The first-order valence-electron chi connectivity index (χ1n) is 6.77. The zero-order chi connectivity index (χ0) is 16.4. The van der Waals surface area contributed by atoms with Gasteiger partial charge in [-0.25, -0.2) is 8.42 Å². The summed E-state index contributed by atoms with van der Waals surface area (Å²) in [6.45, 7) is 5.37. The van der Waals surface area contributed by atoms with Gasteiger partial charge in [0, 0.05) is 18.3 Å². The molecule has 1 rings (SSSR count). The number of hydrogen-bond donors (Lipinski definition) is 0. The number of carbonyl (C=O) groups is 1. The largest absolute Gasteiger partial charge is 0.337 e. The van der Waals surface area contributed by atoms with Crippen molar-refractivity contribution in [3.63, 3.8) is 0 Å². The normalized spacial score (nSPS) is 14.8. The summed E-state index contributed by atoms with van der Waals surface area (Å²) in [5.41, 5.74) is 0.825. The van der Waals surface area contributed by atoms with E-state index in [9.17, 15) is 13.2 Å².